The number of rotatable bonds is 1. The normalized spacial score (nSPS) is 14.5. The Labute approximate surface area is 191 Å². The molecule has 0 saturated carbocycles. The Morgan fingerprint density at radius 1 is 0.545 bits per heavy atom. The van der Waals surface area contributed by atoms with Gasteiger partial charge in [-0.1, -0.05) is 23.5 Å². The molecule has 3 aromatic heterocycles. The van der Waals surface area contributed by atoms with Crippen LogP contribution in [0, 0.1) is 29.1 Å². The lowest BCUT2D eigenvalue weighted by atomic mass is 9.35. The molecule has 3 aliphatic rings. The maximum absolute atomic E-state index is 15.0. The van der Waals surface area contributed by atoms with Gasteiger partial charge in [0.2, 0.25) is 5.82 Å². The molecule has 0 spiro atoms. The zero-order chi connectivity index (χ0) is 22.6. The molecule has 0 unspecified atom stereocenters. The van der Waals surface area contributed by atoms with Crippen LogP contribution in [-0.4, -0.2) is 21.7 Å². The van der Waals surface area contributed by atoms with Gasteiger partial charge in [-0.3, -0.25) is 15.0 Å². The van der Waals surface area contributed by atoms with Gasteiger partial charge in [-0.05, 0) is 16.4 Å². The molecule has 0 bridgehead atoms. The van der Waals surface area contributed by atoms with Crippen LogP contribution < -0.4 is 21.3 Å². The largest absolute Gasteiger partial charge is 0.303 e. The maximum atomic E-state index is 15.0. The predicted octanol–water partition coefficient (Wildman–Crippen LogP) is 3.80. The molecular formula is C21H6BF5N4S2. The van der Waals surface area contributed by atoms with Crippen LogP contribution in [0.4, 0.5) is 39.0 Å². The lowest BCUT2D eigenvalue weighted by molar-refractivity contribution is 0.380. The molecule has 0 amide bonds. The van der Waals surface area contributed by atoms with Crippen molar-refractivity contribution in [1.29, 1.82) is 0 Å². The van der Waals surface area contributed by atoms with Gasteiger partial charge in [0.15, 0.2) is 23.3 Å². The third-order valence-corrected chi connectivity index (χ3v) is 8.15. The van der Waals surface area contributed by atoms with Crippen LogP contribution in [0.5, 0.6) is 0 Å². The van der Waals surface area contributed by atoms with Crippen molar-refractivity contribution in [3.8, 4) is 0 Å². The predicted molar refractivity (Wildman–Crippen MR) is 114 cm³/mol. The van der Waals surface area contributed by atoms with E-state index in [9.17, 15) is 22.0 Å². The molecule has 0 fully saturated rings. The van der Waals surface area contributed by atoms with Crippen molar-refractivity contribution in [2.45, 2.75) is 19.6 Å². The van der Waals surface area contributed by atoms with E-state index in [1.807, 2.05) is 0 Å². The molecule has 3 aliphatic heterocycles. The second-order valence-electron chi connectivity index (χ2n) is 7.58. The van der Waals surface area contributed by atoms with Gasteiger partial charge in [0.25, 0.3) is 6.71 Å². The van der Waals surface area contributed by atoms with E-state index < -0.39 is 34.8 Å². The fourth-order valence-electron chi connectivity index (χ4n) is 4.69. The molecule has 0 N–H and O–H groups in total. The van der Waals surface area contributed by atoms with Crippen molar-refractivity contribution in [1.82, 2.24) is 15.0 Å². The van der Waals surface area contributed by atoms with Gasteiger partial charge >= 0.3 is 0 Å². The summed E-state index contributed by atoms with van der Waals surface area (Å²) < 4.78 is 72.2. The van der Waals surface area contributed by atoms with Crippen LogP contribution >= 0.6 is 23.5 Å². The average molecular weight is 484 g/mol. The van der Waals surface area contributed by atoms with E-state index in [-0.39, 0.29) is 18.1 Å². The molecule has 33 heavy (non-hydrogen) atoms. The fraction of sp³-hybridized carbons (Fsp3) is 0. The summed E-state index contributed by atoms with van der Waals surface area (Å²) in [5, 5.41) is 0. The first kappa shape index (κ1) is 19.4. The molecule has 0 radical (unpaired) electrons. The molecule has 12 heteroatoms. The van der Waals surface area contributed by atoms with Gasteiger partial charge in [0, 0.05) is 44.4 Å². The zero-order valence-electron chi connectivity index (χ0n) is 16.0. The quantitative estimate of drug-likeness (QED) is 0.153. The minimum Gasteiger partial charge on any atom is -0.303 e. The van der Waals surface area contributed by atoms with Crippen LogP contribution in [-0.2, 0) is 0 Å². The molecule has 1 aromatic carbocycles. The molecule has 0 atom stereocenters. The number of pyridine rings is 3. The molecule has 6 heterocycles. The smallest absolute Gasteiger partial charge is 0.253 e. The first-order chi connectivity index (χ1) is 16.0. The molecule has 4 nitrogen and oxygen atoms in total. The van der Waals surface area contributed by atoms with Crippen molar-refractivity contribution < 1.29 is 22.0 Å². The Balaban J connectivity index is 1.62. The second kappa shape index (κ2) is 6.48. The van der Waals surface area contributed by atoms with Gasteiger partial charge in [-0.2, -0.15) is 0 Å². The number of benzene rings is 1. The zero-order valence-corrected chi connectivity index (χ0v) is 17.7. The third-order valence-electron chi connectivity index (χ3n) is 5.97. The summed E-state index contributed by atoms with van der Waals surface area (Å²) in [6.07, 6.45) is 9.51. The Bertz CT molecular complexity index is 1460. The van der Waals surface area contributed by atoms with Crippen LogP contribution in [0.2, 0.25) is 0 Å². The number of halogens is 5. The number of aromatic nitrogens is 3. The van der Waals surface area contributed by atoms with E-state index >= 15 is 0 Å². The standard InChI is InChI=1S/C21H6BF5N4S2/c23-16-17(24)19(26)21(20(27)18(16)25)31-7-1-28-3-9-13(7)22-14-8(31)2-29-4-10(14)33-12-6-30-5-11(32-9)15(12)22/h1-6H. The van der Waals surface area contributed by atoms with E-state index in [1.54, 1.807) is 24.8 Å². The summed E-state index contributed by atoms with van der Waals surface area (Å²) in [5.74, 6) is -10.1. The number of hydrogen-bond acceptors (Lipinski definition) is 6. The lowest BCUT2D eigenvalue weighted by Crippen LogP contribution is -2.62. The molecule has 160 valence electrons. The Hall–Kier alpha value is -3.12. The van der Waals surface area contributed by atoms with Gasteiger partial charge in [0.05, 0.1) is 23.8 Å². The van der Waals surface area contributed by atoms with Gasteiger partial charge in [-0.15, -0.1) is 0 Å². The van der Waals surface area contributed by atoms with Crippen LogP contribution in [0.3, 0.4) is 0 Å². The first-order valence-electron chi connectivity index (χ1n) is 9.58. The van der Waals surface area contributed by atoms with Crippen LogP contribution in [0.25, 0.3) is 0 Å². The maximum Gasteiger partial charge on any atom is 0.253 e. The van der Waals surface area contributed by atoms with Crippen molar-refractivity contribution >= 4 is 63.7 Å². The van der Waals surface area contributed by atoms with Gasteiger partial charge in [-0.25, -0.2) is 22.0 Å². The number of anilines is 3. The average Bonchev–Trinajstić information content (AvgIpc) is 2.83. The minimum atomic E-state index is -2.21. The fourth-order valence-corrected chi connectivity index (χ4v) is 7.02. The lowest BCUT2D eigenvalue weighted by Gasteiger charge is -2.42. The Morgan fingerprint density at radius 2 is 0.939 bits per heavy atom. The highest BCUT2D eigenvalue weighted by Crippen LogP contribution is 2.47. The highest BCUT2D eigenvalue weighted by atomic mass is 32.2. The van der Waals surface area contributed by atoms with E-state index in [0.717, 1.165) is 29.9 Å². The first-order valence-corrected chi connectivity index (χ1v) is 11.2. The van der Waals surface area contributed by atoms with E-state index in [1.165, 1.54) is 35.9 Å². The SMILES string of the molecule is Fc1c(F)c(F)c(N2c3cncc4c3B3c5c(cncc5Sc5cncc2c53)S4)c(F)c1F. The summed E-state index contributed by atoms with van der Waals surface area (Å²) in [6.45, 7) is -0.306. The molecular weight excluding hydrogens is 478 g/mol. The molecule has 7 rings (SSSR count). The van der Waals surface area contributed by atoms with Gasteiger partial charge < -0.3 is 4.90 Å². The van der Waals surface area contributed by atoms with Gasteiger partial charge in [0.1, 0.15) is 5.69 Å². The minimum absolute atomic E-state index is 0.236. The Morgan fingerprint density at radius 3 is 1.42 bits per heavy atom. The second-order valence-corrected chi connectivity index (χ2v) is 9.75. The van der Waals surface area contributed by atoms with E-state index in [0.29, 0.717) is 10.9 Å². The monoisotopic (exact) mass is 484 g/mol. The topological polar surface area (TPSA) is 41.9 Å². The molecule has 0 aliphatic carbocycles. The van der Waals surface area contributed by atoms with Crippen molar-refractivity contribution in [3.05, 3.63) is 66.3 Å². The van der Waals surface area contributed by atoms with Crippen LogP contribution in [0.15, 0.2) is 56.8 Å². The van der Waals surface area contributed by atoms with E-state index in [4.69, 9.17) is 0 Å². The summed E-state index contributed by atoms with van der Waals surface area (Å²) in [6, 6.07) is 0. The van der Waals surface area contributed by atoms with Crippen LogP contribution in [0.1, 0.15) is 0 Å². The summed E-state index contributed by atoms with van der Waals surface area (Å²) in [4.78, 5) is 17.1. The summed E-state index contributed by atoms with van der Waals surface area (Å²) in [5.41, 5.74) is 1.80. The summed E-state index contributed by atoms with van der Waals surface area (Å²) >= 11 is 2.81. The van der Waals surface area contributed by atoms with Crippen molar-refractivity contribution in [2.24, 2.45) is 0 Å². The number of nitrogens with zero attached hydrogens (tertiary/aromatic N) is 4. The molecule has 4 aromatic rings. The van der Waals surface area contributed by atoms with E-state index in [2.05, 4.69) is 15.0 Å². The van der Waals surface area contributed by atoms with Crippen molar-refractivity contribution in [3.63, 3.8) is 0 Å². The third kappa shape index (κ3) is 2.32. The molecule has 0 saturated heterocycles. The number of hydrogen-bond donors (Lipinski definition) is 0. The summed E-state index contributed by atoms with van der Waals surface area (Å²) in [7, 11) is 0. The van der Waals surface area contributed by atoms with Crippen molar-refractivity contribution in [2.75, 3.05) is 4.90 Å². The highest BCUT2D eigenvalue weighted by Gasteiger charge is 2.47. The Kier molecular flexibility index (Phi) is 3.80. The highest BCUT2D eigenvalue weighted by molar-refractivity contribution is 8.01.